The number of likely N-dealkylation sites (tertiary alicyclic amines) is 1. The molecule has 1 unspecified atom stereocenters. The number of hydrogen-bond donors (Lipinski definition) is 0. The average molecular weight is 637 g/mol. The van der Waals surface area contributed by atoms with E-state index in [4.69, 9.17) is 25.5 Å². The predicted molar refractivity (Wildman–Crippen MR) is 165 cm³/mol. The van der Waals surface area contributed by atoms with Crippen LogP contribution < -0.4 is 13.8 Å². The number of carbonyl (C=O) groups is 1. The van der Waals surface area contributed by atoms with Gasteiger partial charge < -0.3 is 18.8 Å². The summed E-state index contributed by atoms with van der Waals surface area (Å²) in [5.74, 6) is 0.720. The van der Waals surface area contributed by atoms with E-state index in [1.807, 2.05) is 42.1 Å². The number of anilines is 1. The van der Waals surface area contributed by atoms with Gasteiger partial charge >= 0.3 is 0 Å². The highest BCUT2D eigenvalue weighted by molar-refractivity contribution is 7.93. The molecule has 0 bridgehead atoms. The standard InChI is InChI=1S/C32H33ClN4O6S/c1-35(2)20-21-7-13-25(29(18-21)42-4)32(36-16-5-6-28(36)30-34-15-17-43-30)26-19-22(33)8-14-27(26)37(31(32)38)44(39,40)24-11-9-23(41-3)10-12-24/h7-15,17-19,28H,5-6,16,20H2,1-4H3/t28-,32?/m0/s1. The molecule has 4 aromatic rings. The summed E-state index contributed by atoms with van der Waals surface area (Å²) in [6, 6.07) is 16.1. The van der Waals surface area contributed by atoms with Gasteiger partial charge in [0.2, 0.25) is 5.89 Å². The molecule has 2 atom stereocenters. The molecular formula is C32H33ClN4O6S. The molecule has 0 aliphatic carbocycles. The van der Waals surface area contributed by atoms with Crippen molar-refractivity contribution in [2.45, 2.75) is 35.9 Å². The van der Waals surface area contributed by atoms with Crippen molar-refractivity contribution in [1.82, 2.24) is 14.8 Å². The second-order valence-electron chi connectivity index (χ2n) is 11.1. The van der Waals surface area contributed by atoms with Crippen LogP contribution in [0.5, 0.6) is 11.5 Å². The molecule has 0 spiro atoms. The van der Waals surface area contributed by atoms with E-state index >= 15 is 4.79 Å². The average Bonchev–Trinajstić information content (AvgIpc) is 3.76. The van der Waals surface area contributed by atoms with Gasteiger partial charge in [-0.1, -0.05) is 23.7 Å². The molecule has 1 fully saturated rings. The fourth-order valence-electron chi connectivity index (χ4n) is 6.45. The predicted octanol–water partition coefficient (Wildman–Crippen LogP) is 5.22. The van der Waals surface area contributed by atoms with Crippen LogP contribution in [0.1, 0.15) is 41.5 Å². The van der Waals surface area contributed by atoms with Crippen molar-refractivity contribution in [2.75, 3.05) is 39.2 Å². The lowest BCUT2D eigenvalue weighted by molar-refractivity contribution is -0.127. The van der Waals surface area contributed by atoms with E-state index in [1.165, 1.54) is 25.5 Å². The smallest absolute Gasteiger partial charge is 0.271 e. The number of nitrogens with zero attached hydrogens (tertiary/aromatic N) is 4. The van der Waals surface area contributed by atoms with E-state index in [1.54, 1.807) is 43.6 Å². The highest BCUT2D eigenvalue weighted by Crippen LogP contribution is 2.56. The number of halogens is 1. The summed E-state index contributed by atoms with van der Waals surface area (Å²) in [5.41, 5.74) is 0.479. The number of hydrogen-bond acceptors (Lipinski definition) is 9. The van der Waals surface area contributed by atoms with Crippen LogP contribution in [0, 0.1) is 0 Å². The minimum atomic E-state index is -4.39. The third-order valence-corrected chi connectivity index (χ3v) is 10.2. The maximum absolute atomic E-state index is 15.3. The number of ether oxygens (including phenoxy) is 2. The summed E-state index contributed by atoms with van der Waals surface area (Å²) in [5, 5.41) is 0.361. The number of aromatic nitrogens is 1. The third kappa shape index (κ3) is 4.75. The van der Waals surface area contributed by atoms with Gasteiger partial charge in [0.15, 0.2) is 5.54 Å². The molecule has 3 aromatic carbocycles. The van der Waals surface area contributed by atoms with Crippen LogP contribution in [-0.4, -0.2) is 64.0 Å². The number of benzene rings is 3. The first-order valence-electron chi connectivity index (χ1n) is 14.1. The summed E-state index contributed by atoms with van der Waals surface area (Å²) in [6.07, 6.45) is 4.44. The maximum Gasteiger partial charge on any atom is 0.271 e. The molecule has 2 aliphatic rings. The van der Waals surface area contributed by atoms with Gasteiger partial charge in [0, 0.05) is 29.2 Å². The fourth-order valence-corrected chi connectivity index (χ4v) is 8.08. The van der Waals surface area contributed by atoms with Gasteiger partial charge in [-0.3, -0.25) is 9.69 Å². The Hall–Kier alpha value is -3.90. The normalized spacial score (nSPS) is 20.4. The van der Waals surface area contributed by atoms with Crippen LogP contribution >= 0.6 is 11.6 Å². The van der Waals surface area contributed by atoms with E-state index in [-0.39, 0.29) is 10.6 Å². The van der Waals surface area contributed by atoms with Crippen molar-refractivity contribution in [2.24, 2.45) is 0 Å². The first kappa shape index (κ1) is 30.1. The Morgan fingerprint density at radius 3 is 2.48 bits per heavy atom. The molecule has 1 amide bonds. The summed E-state index contributed by atoms with van der Waals surface area (Å²) in [7, 11) is 2.59. The van der Waals surface area contributed by atoms with Crippen molar-refractivity contribution in [3.63, 3.8) is 0 Å². The quantitative estimate of drug-likeness (QED) is 0.244. The van der Waals surface area contributed by atoms with Crippen molar-refractivity contribution >= 4 is 33.2 Å². The molecule has 6 rings (SSSR count). The van der Waals surface area contributed by atoms with Crippen molar-refractivity contribution in [3.05, 3.63) is 101 Å². The maximum atomic E-state index is 15.3. The lowest BCUT2D eigenvalue weighted by Crippen LogP contribution is -2.54. The Kier molecular flexibility index (Phi) is 7.91. The monoisotopic (exact) mass is 636 g/mol. The summed E-state index contributed by atoms with van der Waals surface area (Å²) < 4.78 is 46.7. The van der Waals surface area contributed by atoms with Gasteiger partial charge in [-0.05, 0) is 81.0 Å². The highest BCUT2D eigenvalue weighted by atomic mass is 35.5. The first-order chi connectivity index (χ1) is 21.1. The van der Waals surface area contributed by atoms with Crippen LogP contribution in [0.25, 0.3) is 0 Å². The number of methoxy groups -OCH3 is 2. The molecular weight excluding hydrogens is 604 g/mol. The Labute approximate surface area is 261 Å². The fraction of sp³-hybridized carbons (Fsp3) is 0.312. The summed E-state index contributed by atoms with van der Waals surface area (Å²) >= 11 is 6.62. The molecule has 1 aromatic heterocycles. The van der Waals surface area contributed by atoms with Crippen molar-refractivity contribution < 1.29 is 27.1 Å². The van der Waals surface area contributed by atoms with Gasteiger partial charge in [0.05, 0.1) is 37.0 Å². The van der Waals surface area contributed by atoms with Gasteiger partial charge in [-0.15, -0.1) is 0 Å². The first-order valence-corrected chi connectivity index (χ1v) is 16.0. The molecule has 3 heterocycles. The molecule has 230 valence electrons. The van der Waals surface area contributed by atoms with Gasteiger partial charge in [-0.25, -0.2) is 17.7 Å². The van der Waals surface area contributed by atoms with Gasteiger partial charge in [-0.2, -0.15) is 0 Å². The largest absolute Gasteiger partial charge is 0.497 e. The number of sulfonamides is 1. The lowest BCUT2D eigenvalue weighted by atomic mass is 9.80. The minimum absolute atomic E-state index is 0.0534. The Morgan fingerprint density at radius 1 is 1.05 bits per heavy atom. The molecule has 0 saturated carbocycles. The minimum Gasteiger partial charge on any atom is -0.497 e. The Balaban J connectivity index is 1.64. The van der Waals surface area contributed by atoms with Gasteiger partial charge in [0.1, 0.15) is 17.8 Å². The van der Waals surface area contributed by atoms with E-state index in [9.17, 15) is 8.42 Å². The molecule has 0 N–H and O–H groups in total. The molecule has 10 nitrogen and oxygen atoms in total. The summed E-state index contributed by atoms with van der Waals surface area (Å²) in [6.45, 7) is 1.10. The number of rotatable bonds is 9. The van der Waals surface area contributed by atoms with Crippen LogP contribution in [-0.2, 0) is 26.9 Å². The SMILES string of the molecule is COc1ccc(S(=O)(=O)N2C(=O)C(c3ccc(CN(C)C)cc3OC)(N3CCC[C@H]3c3ncco3)c3cc(Cl)ccc32)cc1. The number of amides is 1. The van der Waals surface area contributed by atoms with E-state index < -0.39 is 27.5 Å². The zero-order chi connectivity index (χ0) is 31.2. The Morgan fingerprint density at radius 2 is 1.82 bits per heavy atom. The van der Waals surface area contributed by atoms with Crippen LogP contribution in [0.3, 0.4) is 0 Å². The highest BCUT2D eigenvalue weighted by Gasteiger charge is 2.62. The van der Waals surface area contributed by atoms with Crippen molar-refractivity contribution in [1.29, 1.82) is 0 Å². The molecule has 1 saturated heterocycles. The molecule has 2 aliphatic heterocycles. The van der Waals surface area contributed by atoms with Crippen LogP contribution in [0.4, 0.5) is 5.69 Å². The van der Waals surface area contributed by atoms with E-state index in [0.717, 1.165) is 16.3 Å². The van der Waals surface area contributed by atoms with E-state index in [2.05, 4.69) is 4.98 Å². The summed E-state index contributed by atoms with van der Waals surface area (Å²) in [4.78, 5) is 23.7. The van der Waals surface area contributed by atoms with Crippen LogP contribution in [0.2, 0.25) is 5.02 Å². The zero-order valence-corrected chi connectivity index (χ0v) is 26.4. The Bertz CT molecular complexity index is 1800. The molecule has 44 heavy (non-hydrogen) atoms. The van der Waals surface area contributed by atoms with Gasteiger partial charge in [0.25, 0.3) is 15.9 Å². The van der Waals surface area contributed by atoms with Crippen LogP contribution in [0.15, 0.2) is 82.4 Å². The molecule has 0 radical (unpaired) electrons. The lowest BCUT2D eigenvalue weighted by Gasteiger charge is -2.41. The number of carbonyl (C=O) groups excluding carboxylic acids is 1. The topological polar surface area (TPSA) is 105 Å². The second-order valence-corrected chi connectivity index (χ2v) is 13.3. The zero-order valence-electron chi connectivity index (χ0n) is 24.9. The number of fused-ring (bicyclic) bond motifs is 1. The number of oxazole rings is 1. The second kappa shape index (κ2) is 11.6. The van der Waals surface area contributed by atoms with E-state index in [0.29, 0.717) is 53.0 Å². The third-order valence-electron chi connectivity index (χ3n) is 8.23. The van der Waals surface area contributed by atoms with Crippen molar-refractivity contribution in [3.8, 4) is 11.5 Å². The molecule has 12 heteroatoms.